The average Bonchev–Trinajstić information content (AvgIpc) is 3.47. The van der Waals surface area contributed by atoms with Crippen LogP contribution in [-0.4, -0.2) is 11.6 Å². The van der Waals surface area contributed by atoms with Gasteiger partial charge in [0.05, 0.1) is 32.8 Å². The number of aromatic nitrogens is 2. The number of nitrogens with zero attached hydrogens (tertiary/aromatic N) is 3. The van der Waals surface area contributed by atoms with Gasteiger partial charge in [0.25, 0.3) is 10.6 Å². The van der Waals surface area contributed by atoms with E-state index >= 15 is 0 Å². The Hall–Kier alpha value is -1.81. The molecule has 0 saturated carbocycles. The van der Waals surface area contributed by atoms with E-state index < -0.39 is 0 Å². The minimum absolute atomic E-state index is 0. The molecule has 1 aliphatic heterocycles. The highest BCUT2D eigenvalue weighted by Crippen LogP contribution is 2.45. The largest absolute Gasteiger partial charge is 1.00 e. The van der Waals surface area contributed by atoms with Crippen molar-refractivity contribution < 1.29 is 21.4 Å². The van der Waals surface area contributed by atoms with Gasteiger partial charge in [0.1, 0.15) is 20.0 Å². The lowest BCUT2D eigenvalue weighted by atomic mass is 10.2. The van der Waals surface area contributed by atoms with Crippen molar-refractivity contribution in [1.82, 2.24) is 4.57 Å². The molecule has 0 bridgehead atoms. The summed E-state index contributed by atoms with van der Waals surface area (Å²) >= 11 is 17.2. The fourth-order valence-electron chi connectivity index (χ4n) is 3.82. The Morgan fingerprint density at radius 1 is 1.17 bits per heavy atom. The van der Waals surface area contributed by atoms with Crippen LogP contribution in [0.4, 0.5) is 10.1 Å². The third-order valence-electron chi connectivity index (χ3n) is 5.57. The third-order valence-corrected chi connectivity index (χ3v) is 9.59. The summed E-state index contributed by atoms with van der Waals surface area (Å²) in [5.74, 6) is -0.284. The Morgan fingerprint density at radius 3 is 2.63 bits per heavy atom. The smallest absolute Gasteiger partial charge is 0.271 e. The molecule has 35 heavy (non-hydrogen) atoms. The van der Waals surface area contributed by atoms with Crippen molar-refractivity contribution in [3.8, 4) is 0 Å². The number of halogens is 4. The molecule has 3 heterocycles. The van der Waals surface area contributed by atoms with Gasteiger partial charge in [0, 0.05) is 18.5 Å². The molecular weight excluding hydrogens is 568 g/mol. The fraction of sp³-hybridized carbons (Fsp3) is 0.167. The summed E-state index contributed by atoms with van der Waals surface area (Å²) in [6.45, 7) is 3.03. The first kappa shape index (κ1) is 26.3. The molecule has 182 valence electrons. The molecule has 0 N–H and O–H groups in total. The number of hydrogen-bond acceptors (Lipinski definition) is 5. The van der Waals surface area contributed by atoms with E-state index in [1.807, 2.05) is 54.7 Å². The summed E-state index contributed by atoms with van der Waals surface area (Å²) in [7, 11) is 1.91. The minimum Gasteiger partial charge on any atom is -1.00 e. The monoisotopic (exact) mass is 585 g/mol. The Kier molecular flexibility index (Phi) is 8.00. The number of thiazole rings is 2. The van der Waals surface area contributed by atoms with Crippen LogP contribution in [0, 0.1) is 5.82 Å². The van der Waals surface area contributed by atoms with Crippen molar-refractivity contribution >= 4 is 74.4 Å². The molecule has 4 aromatic rings. The SMILES string of the molecule is CCn1c(=O)/c(=C2\Sc3cc(F)ccc3N2C)s/c1=C\c1scc[n+]1Cc1c(Cl)cccc1Cl.[Cl-]. The maximum Gasteiger partial charge on any atom is 0.271 e. The van der Waals surface area contributed by atoms with Crippen molar-refractivity contribution in [1.29, 1.82) is 0 Å². The summed E-state index contributed by atoms with van der Waals surface area (Å²) in [6, 6.07) is 10.2. The Morgan fingerprint density at radius 2 is 1.91 bits per heavy atom. The van der Waals surface area contributed by atoms with Crippen molar-refractivity contribution in [2.24, 2.45) is 0 Å². The quantitative estimate of drug-likeness (QED) is 0.342. The van der Waals surface area contributed by atoms with Gasteiger partial charge in [-0.15, -0.1) is 11.3 Å². The minimum atomic E-state index is -0.284. The van der Waals surface area contributed by atoms with Crippen LogP contribution >= 0.6 is 57.6 Å². The van der Waals surface area contributed by atoms with Crippen LogP contribution < -0.4 is 36.6 Å². The van der Waals surface area contributed by atoms with Gasteiger partial charge < -0.3 is 17.3 Å². The van der Waals surface area contributed by atoms with E-state index in [9.17, 15) is 9.18 Å². The van der Waals surface area contributed by atoms with Crippen LogP contribution in [-0.2, 0) is 13.1 Å². The molecular formula is C24H19Cl3FN3OS3. The zero-order valence-corrected chi connectivity index (χ0v) is 23.3. The van der Waals surface area contributed by atoms with Gasteiger partial charge >= 0.3 is 0 Å². The van der Waals surface area contributed by atoms with Gasteiger partial charge in [0.2, 0.25) is 0 Å². The maximum absolute atomic E-state index is 13.7. The van der Waals surface area contributed by atoms with E-state index in [1.54, 1.807) is 22.0 Å². The first-order chi connectivity index (χ1) is 16.4. The molecule has 11 heteroatoms. The average molecular weight is 587 g/mol. The van der Waals surface area contributed by atoms with E-state index in [0.717, 1.165) is 30.8 Å². The Bertz CT molecular complexity index is 1580. The summed E-state index contributed by atoms with van der Waals surface area (Å²) < 4.78 is 19.1. The van der Waals surface area contributed by atoms with Crippen molar-refractivity contribution in [2.45, 2.75) is 24.9 Å². The van der Waals surface area contributed by atoms with E-state index in [1.165, 1.54) is 35.2 Å². The van der Waals surface area contributed by atoms with Gasteiger partial charge in [-0.25, -0.2) is 4.39 Å². The van der Waals surface area contributed by atoms with Crippen LogP contribution in [0.2, 0.25) is 10.0 Å². The Balaban J connectivity index is 0.00000289. The highest BCUT2D eigenvalue weighted by Gasteiger charge is 2.25. The van der Waals surface area contributed by atoms with Crippen LogP contribution in [0.5, 0.6) is 0 Å². The van der Waals surface area contributed by atoms with Gasteiger partial charge in [-0.3, -0.25) is 9.36 Å². The van der Waals surface area contributed by atoms with E-state index in [0.29, 0.717) is 27.7 Å². The standard InChI is InChI=1S/C24H19Cl2FN3OS3.ClH/c1-3-30-21(12-20-29(9-10-32-20)13-15-16(25)5-4-6-17(15)26)34-22(23(30)31)24-28(2)18-8-7-14(27)11-19(18)33-24;/h4-12H,3,13H2,1-2H3;1H/q+1;/p-1/b24-22+;. The molecule has 0 aliphatic carbocycles. The molecule has 4 nitrogen and oxygen atoms in total. The third kappa shape index (κ3) is 4.92. The second kappa shape index (κ2) is 10.7. The zero-order chi connectivity index (χ0) is 24.0. The second-order valence-electron chi connectivity index (χ2n) is 7.61. The van der Waals surface area contributed by atoms with Crippen LogP contribution in [0.15, 0.2) is 57.7 Å². The van der Waals surface area contributed by atoms with E-state index in [-0.39, 0.29) is 23.8 Å². The predicted molar refractivity (Wildman–Crippen MR) is 141 cm³/mol. The van der Waals surface area contributed by atoms with Crippen molar-refractivity contribution in [3.05, 3.63) is 94.0 Å². The van der Waals surface area contributed by atoms with Gasteiger partial charge in [0.15, 0.2) is 12.7 Å². The lowest BCUT2D eigenvalue weighted by Crippen LogP contribution is -3.00. The molecule has 2 aromatic carbocycles. The molecule has 0 spiro atoms. The highest BCUT2D eigenvalue weighted by atomic mass is 35.5. The Labute approximate surface area is 230 Å². The number of fused-ring (bicyclic) bond motifs is 1. The topological polar surface area (TPSA) is 29.1 Å². The van der Waals surface area contributed by atoms with Crippen molar-refractivity contribution in [3.63, 3.8) is 0 Å². The lowest BCUT2D eigenvalue weighted by molar-refractivity contribution is -0.685. The maximum atomic E-state index is 13.7. The van der Waals surface area contributed by atoms with Crippen molar-refractivity contribution in [2.75, 3.05) is 11.9 Å². The van der Waals surface area contributed by atoms with Gasteiger partial charge in [-0.2, -0.15) is 4.57 Å². The summed E-state index contributed by atoms with van der Waals surface area (Å²) in [5.41, 5.74) is 1.71. The molecule has 1 aliphatic rings. The summed E-state index contributed by atoms with van der Waals surface area (Å²) in [5, 5.41) is 5.04. The molecule has 5 rings (SSSR count). The van der Waals surface area contributed by atoms with Gasteiger partial charge in [-0.05, 0) is 37.3 Å². The first-order valence-corrected chi connectivity index (χ1v) is 13.7. The number of anilines is 1. The number of rotatable bonds is 4. The zero-order valence-electron chi connectivity index (χ0n) is 18.6. The molecule has 0 saturated heterocycles. The summed E-state index contributed by atoms with van der Waals surface area (Å²) in [4.78, 5) is 16.1. The number of thioether (sulfide) groups is 1. The predicted octanol–water partition coefficient (Wildman–Crippen LogP) is 1.91. The molecule has 0 radical (unpaired) electrons. The molecule has 0 atom stereocenters. The lowest BCUT2D eigenvalue weighted by Gasteiger charge is -2.12. The molecule has 0 fully saturated rings. The van der Waals surface area contributed by atoms with Crippen LogP contribution in [0.3, 0.4) is 0 Å². The summed E-state index contributed by atoms with van der Waals surface area (Å²) in [6.07, 6.45) is 4.01. The normalized spacial score (nSPS) is 14.9. The van der Waals surface area contributed by atoms with E-state index in [4.69, 9.17) is 23.2 Å². The number of hydrogen-bond donors (Lipinski definition) is 0. The fourth-order valence-corrected chi connectivity index (χ4v) is 7.67. The van der Waals surface area contributed by atoms with E-state index in [2.05, 4.69) is 4.57 Å². The van der Waals surface area contributed by atoms with Gasteiger partial charge in [-0.1, -0.05) is 52.4 Å². The molecule has 0 unspecified atom stereocenters. The second-order valence-corrected chi connectivity index (χ2v) is 11.4. The highest BCUT2D eigenvalue weighted by molar-refractivity contribution is 8.08. The first-order valence-electron chi connectivity index (χ1n) is 10.4. The molecule has 0 amide bonds. The molecule has 2 aromatic heterocycles. The van der Waals surface area contributed by atoms with Crippen LogP contribution in [0.25, 0.3) is 11.1 Å². The number of benzene rings is 2. The van der Waals surface area contributed by atoms with Crippen LogP contribution in [0.1, 0.15) is 17.5 Å².